The van der Waals surface area contributed by atoms with Crippen molar-refractivity contribution in [3.8, 4) is 6.07 Å². The van der Waals surface area contributed by atoms with Gasteiger partial charge in [0.1, 0.15) is 11.6 Å². The van der Waals surface area contributed by atoms with Crippen LogP contribution in [0.15, 0.2) is 36.0 Å². The number of halogens is 1. The van der Waals surface area contributed by atoms with Crippen molar-refractivity contribution in [3.05, 3.63) is 46.6 Å². The van der Waals surface area contributed by atoms with Gasteiger partial charge in [-0.2, -0.15) is 5.26 Å². The van der Waals surface area contributed by atoms with Crippen LogP contribution in [-0.4, -0.2) is 25.7 Å². The SMILES string of the molecule is CCCCOCCCNC(=O)/C(C#N)=C\NCc1cccc(Cl)c1. The molecule has 24 heavy (non-hydrogen) atoms. The van der Waals surface area contributed by atoms with Gasteiger partial charge in [-0.05, 0) is 30.5 Å². The second-order valence-corrected chi connectivity index (χ2v) is 5.69. The van der Waals surface area contributed by atoms with Crippen LogP contribution in [0, 0.1) is 11.3 Å². The quantitative estimate of drug-likeness (QED) is 0.365. The van der Waals surface area contributed by atoms with E-state index >= 15 is 0 Å². The van der Waals surface area contributed by atoms with Crippen molar-refractivity contribution in [2.24, 2.45) is 0 Å². The van der Waals surface area contributed by atoms with E-state index in [0.717, 1.165) is 31.4 Å². The Hall–Kier alpha value is -2.03. The number of nitrogens with one attached hydrogen (secondary N) is 2. The van der Waals surface area contributed by atoms with Crippen molar-refractivity contribution in [1.82, 2.24) is 10.6 Å². The van der Waals surface area contributed by atoms with Gasteiger partial charge in [0.05, 0.1) is 0 Å². The van der Waals surface area contributed by atoms with Gasteiger partial charge in [0, 0.05) is 37.5 Å². The van der Waals surface area contributed by atoms with Gasteiger partial charge in [-0.25, -0.2) is 0 Å². The Balaban J connectivity index is 2.28. The number of hydrogen-bond acceptors (Lipinski definition) is 4. The summed E-state index contributed by atoms with van der Waals surface area (Å²) in [5.41, 5.74) is 1.02. The van der Waals surface area contributed by atoms with Crippen LogP contribution in [0.25, 0.3) is 0 Å². The molecule has 0 saturated carbocycles. The van der Waals surface area contributed by atoms with Crippen LogP contribution in [0.3, 0.4) is 0 Å². The molecule has 0 aliphatic heterocycles. The molecule has 0 aromatic heterocycles. The molecule has 0 radical (unpaired) electrons. The van der Waals surface area contributed by atoms with Crippen LogP contribution >= 0.6 is 11.6 Å². The van der Waals surface area contributed by atoms with E-state index in [9.17, 15) is 4.79 Å². The molecule has 1 aromatic rings. The molecule has 0 aliphatic carbocycles. The summed E-state index contributed by atoms with van der Waals surface area (Å²) in [6.07, 6.45) is 4.30. The first-order valence-electron chi connectivity index (χ1n) is 8.11. The lowest BCUT2D eigenvalue weighted by atomic mass is 10.2. The van der Waals surface area contributed by atoms with Gasteiger partial charge in [-0.1, -0.05) is 37.1 Å². The highest BCUT2D eigenvalue weighted by atomic mass is 35.5. The lowest BCUT2D eigenvalue weighted by Gasteiger charge is -2.06. The van der Waals surface area contributed by atoms with Crippen molar-refractivity contribution in [1.29, 1.82) is 5.26 Å². The number of hydrogen-bond donors (Lipinski definition) is 2. The summed E-state index contributed by atoms with van der Waals surface area (Å²) in [6.45, 7) is 4.45. The molecule has 1 rings (SSSR count). The largest absolute Gasteiger partial charge is 0.386 e. The fourth-order valence-electron chi connectivity index (χ4n) is 1.89. The highest BCUT2D eigenvalue weighted by Crippen LogP contribution is 2.10. The fraction of sp³-hybridized carbons (Fsp3) is 0.444. The van der Waals surface area contributed by atoms with Gasteiger partial charge >= 0.3 is 0 Å². The summed E-state index contributed by atoms with van der Waals surface area (Å²) in [6, 6.07) is 9.28. The minimum atomic E-state index is -0.385. The second-order valence-electron chi connectivity index (χ2n) is 5.26. The lowest BCUT2D eigenvalue weighted by Crippen LogP contribution is -2.27. The number of nitriles is 1. The van der Waals surface area contributed by atoms with Gasteiger partial charge < -0.3 is 15.4 Å². The molecule has 0 heterocycles. The Bertz CT molecular complexity index is 582. The molecule has 2 N–H and O–H groups in total. The van der Waals surface area contributed by atoms with Crippen LogP contribution in [0.5, 0.6) is 0 Å². The van der Waals surface area contributed by atoms with Crippen LogP contribution in [-0.2, 0) is 16.1 Å². The first-order valence-corrected chi connectivity index (χ1v) is 8.49. The molecule has 5 nitrogen and oxygen atoms in total. The van der Waals surface area contributed by atoms with E-state index in [1.165, 1.54) is 6.20 Å². The number of benzene rings is 1. The fourth-order valence-corrected chi connectivity index (χ4v) is 2.10. The Morgan fingerprint density at radius 1 is 1.38 bits per heavy atom. The minimum Gasteiger partial charge on any atom is -0.386 e. The summed E-state index contributed by atoms with van der Waals surface area (Å²) >= 11 is 5.91. The number of unbranched alkanes of at least 4 members (excludes halogenated alkanes) is 1. The normalized spacial score (nSPS) is 11.0. The standard InChI is InChI=1S/C18H24ClN3O2/c1-2-3-9-24-10-5-8-22-18(23)16(12-20)14-21-13-15-6-4-7-17(19)11-15/h4,6-7,11,14,21H,2-3,5,8-10,13H2,1H3,(H,22,23)/b16-14-. The summed E-state index contributed by atoms with van der Waals surface area (Å²) in [7, 11) is 0. The summed E-state index contributed by atoms with van der Waals surface area (Å²) < 4.78 is 5.41. The molecule has 0 atom stereocenters. The predicted molar refractivity (Wildman–Crippen MR) is 95.3 cm³/mol. The van der Waals surface area contributed by atoms with E-state index < -0.39 is 0 Å². The summed E-state index contributed by atoms with van der Waals surface area (Å²) in [5.74, 6) is -0.385. The molecule has 0 bridgehead atoms. The molecule has 1 aromatic carbocycles. The number of amides is 1. The van der Waals surface area contributed by atoms with Crippen molar-refractivity contribution < 1.29 is 9.53 Å². The molecule has 0 fully saturated rings. The molecule has 0 aliphatic rings. The average molecular weight is 350 g/mol. The van der Waals surface area contributed by atoms with Crippen LogP contribution in [0.2, 0.25) is 5.02 Å². The van der Waals surface area contributed by atoms with Crippen molar-refractivity contribution in [2.45, 2.75) is 32.7 Å². The molecule has 130 valence electrons. The third-order valence-corrected chi connectivity index (χ3v) is 3.44. The number of ether oxygens (including phenoxy) is 1. The third kappa shape index (κ3) is 8.56. The van der Waals surface area contributed by atoms with Gasteiger partial charge in [-0.15, -0.1) is 0 Å². The number of carbonyl (C=O) groups excluding carboxylic acids is 1. The number of nitrogens with zero attached hydrogens (tertiary/aromatic N) is 1. The summed E-state index contributed by atoms with van der Waals surface area (Å²) in [5, 5.41) is 15.4. The average Bonchev–Trinajstić information content (AvgIpc) is 2.58. The molecule has 0 spiro atoms. The van der Waals surface area contributed by atoms with Crippen LogP contribution < -0.4 is 10.6 Å². The first kappa shape index (κ1) is 20.0. The highest BCUT2D eigenvalue weighted by molar-refractivity contribution is 6.30. The molecule has 0 saturated heterocycles. The zero-order chi connectivity index (χ0) is 17.6. The van der Waals surface area contributed by atoms with Crippen molar-refractivity contribution in [3.63, 3.8) is 0 Å². The summed E-state index contributed by atoms with van der Waals surface area (Å²) in [4.78, 5) is 11.9. The third-order valence-electron chi connectivity index (χ3n) is 3.20. The van der Waals surface area contributed by atoms with Crippen LogP contribution in [0.1, 0.15) is 31.7 Å². The van der Waals surface area contributed by atoms with E-state index in [-0.39, 0.29) is 11.5 Å². The maximum atomic E-state index is 11.9. The maximum absolute atomic E-state index is 11.9. The minimum absolute atomic E-state index is 0.0453. The maximum Gasteiger partial charge on any atom is 0.263 e. The Labute approximate surface area is 148 Å². The van der Waals surface area contributed by atoms with E-state index in [4.69, 9.17) is 21.6 Å². The number of rotatable bonds is 11. The highest BCUT2D eigenvalue weighted by Gasteiger charge is 2.07. The molecular formula is C18H24ClN3O2. The van der Waals surface area contributed by atoms with Crippen molar-refractivity contribution in [2.75, 3.05) is 19.8 Å². The van der Waals surface area contributed by atoms with Gasteiger partial charge in [-0.3, -0.25) is 4.79 Å². The predicted octanol–water partition coefficient (Wildman–Crippen LogP) is 3.16. The Morgan fingerprint density at radius 3 is 2.88 bits per heavy atom. The Morgan fingerprint density at radius 2 is 2.17 bits per heavy atom. The van der Waals surface area contributed by atoms with Gasteiger partial charge in [0.25, 0.3) is 5.91 Å². The molecule has 0 unspecified atom stereocenters. The van der Waals surface area contributed by atoms with Crippen LogP contribution in [0.4, 0.5) is 0 Å². The molecule has 6 heteroatoms. The molecular weight excluding hydrogens is 326 g/mol. The van der Waals surface area contributed by atoms with E-state index in [0.29, 0.717) is 24.7 Å². The number of carbonyl (C=O) groups is 1. The van der Waals surface area contributed by atoms with Gasteiger partial charge in [0.15, 0.2) is 0 Å². The van der Waals surface area contributed by atoms with Crippen molar-refractivity contribution >= 4 is 17.5 Å². The topological polar surface area (TPSA) is 74.1 Å². The monoisotopic (exact) mass is 349 g/mol. The lowest BCUT2D eigenvalue weighted by molar-refractivity contribution is -0.117. The molecule has 1 amide bonds. The Kier molecular flexibility index (Phi) is 10.3. The van der Waals surface area contributed by atoms with E-state index in [1.54, 1.807) is 6.07 Å². The zero-order valence-corrected chi connectivity index (χ0v) is 14.7. The zero-order valence-electron chi connectivity index (χ0n) is 14.0. The van der Waals surface area contributed by atoms with E-state index in [1.807, 2.05) is 24.3 Å². The van der Waals surface area contributed by atoms with Gasteiger partial charge in [0.2, 0.25) is 0 Å². The van der Waals surface area contributed by atoms with E-state index in [2.05, 4.69) is 17.6 Å². The first-order chi connectivity index (χ1) is 11.7. The smallest absolute Gasteiger partial charge is 0.263 e. The second kappa shape index (κ2) is 12.4.